The molecule has 10 heavy (non-hydrogen) atoms. The third kappa shape index (κ3) is 2.58. The molecule has 0 rings (SSSR count). The van der Waals surface area contributed by atoms with Gasteiger partial charge in [-0.25, -0.2) is 0 Å². The Morgan fingerprint density at radius 2 is 1.80 bits per heavy atom. The number of nitrogens with one attached hydrogen (secondary N) is 1. The monoisotopic (exact) mass is 138 g/mol. The van der Waals surface area contributed by atoms with Crippen molar-refractivity contribution in [2.24, 2.45) is 4.99 Å². The largest absolute Gasteiger partial charge is 0.305 e. The van der Waals surface area contributed by atoms with E-state index in [0.717, 1.165) is 11.3 Å². The lowest BCUT2D eigenvalue weighted by Gasteiger charge is -1.98. The fourth-order valence-corrected chi connectivity index (χ4v) is 0.562. The van der Waals surface area contributed by atoms with Crippen molar-refractivity contribution in [3.63, 3.8) is 0 Å². The number of hydrogen-bond donors (Lipinski definition) is 1. The summed E-state index contributed by atoms with van der Waals surface area (Å²) in [5, 5.41) is 7.28. The van der Waals surface area contributed by atoms with E-state index in [1.54, 1.807) is 13.1 Å². The fourth-order valence-electron chi connectivity index (χ4n) is 0.562. The number of hydrogen-bond acceptors (Lipinski definition) is 2. The van der Waals surface area contributed by atoms with Gasteiger partial charge < -0.3 is 5.41 Å². The Bertz CT molecular complexity index is 187. The lowest BCUT2D eigenvalue weighted by Crippen LogP contribution is -1.92. The second-order valence-corrected chi connectivity index (χ2v) is 2.22. The second kappa shape index (κ2) is 3.99. The average Bonchev–Trinajstić information content (AvgIpc) is 1.87. The van der Waals surface area contributed by atoms with E-state index in [0.29, 0.717) is 5.71 Å². The van der Waals surface area contributed by atoms with Gasteiger partial charge in [0.1, 0.15) is 0 Å². The van der Waals surface area contributed by atoms with Crippen LogP contribution in [0.2, 0.25) is 0 Å². The van der Waals surface area contributed by atoms with E-state index in [1.807, 2.05) is 20.8 Å². The predicted molar refractivity (Wildman–Crippen MR) is 45.9 cm³/mol. The molecule has 0 saturated carbocycles. The van der Waals surface area contributed by atoms with Gasteiger partial charge in [0.15, 0.2) is 0 Å². The van der Waals surface area contributed by atoms with Crippen molar-refractivity contribution in [1.82, 2.24) is 0 Å². The van der Waals surface area contributed by atoms with Crippen molar-refractivity contribution in [3.8, 4) is 0 Å². The molecule has 1 N–H and O–H groups in total. The maximum atomic E-state index is 7.28. The Balaban J connectivity index is 4.50. The van der Waals surface area contributed by atoms with Gasteiger partial charge in [0.25, 0.3) is 0 Å². The molecule has 0 radical (unpaired) electrons. The van der Waals surface area contributed by atoms with Crippen molar-refractivity contribution >= 4 is 11.9 Å². The number of nitrogens with zero attached hydrogens (tertiary/aromatic N) is 1. The molecule has 56 valence electrons. The molecular weight excluding hydrogens is 124 g/mol. The highest BCUT2D eigenvalue weighted by atomic mass is 14.7. The topological polar surface area (TPSA) is 36.2 Å². The van der Waals surface area contributed by atoms with Crippen LogP contribution < -0.4 is 0 Å². The number of allylic oxidation sites excluding steroid dienone is 2. The van der Waals surface area contributed by atoms with Gasteiger partial charge in [-0.2, -0.15) is 0 Å². The van der Waals surface area contributed by atoms with Crippen molar-refractivity contribution < 1.29 is 0 Å². The zero-order valence-electron chi connectivity index (χ0n) is 7.02. The third-order valence-electron chi connectivity index (χ3n) is 1.43. The van der Waals surface area contributed by atoms with Gasteiger partial charge in [0.05, 0.1) is 0 Å². The first-order valence-corrected chi connectivity index (χ1v) is 3.31. The third-order valence-corrected chi connectivity index (χ3v) is 1.43. The molecule has 0 aliphatic rings. The average molecular weight is 138 g/mol. The highest BCUT2D eigenvalue weighted by molar-refractivity contribution is 5.95. The second-order valence-electron chi connectivity index (χ2n) is 2.22. The van der Waals surface area contributed by atoms with Gasteiger partial charge in [-0.3, -0.25) is 4.99 Å². The molecule has 0 aliphatic carbocycles. The molecular formula is C8H14N2. The van der Waals surface area contributed by atoms with Crippen LogP contribution in [0.4, 0.5) is 0 Å². The van der Waals surface area contributed by atoms with Crippen LogP contribution in [-0.2, 0) is 0 Å². The molecule has 0 heterocycles. The summed E-state index contributed by atoms with van der Waals surface area (Å²) in [6.45, 7) is 7.46. The van der Waals surface area contributed by atoms with E-state index in [2.05, 4.69) is 4.99 Å². The van der Waals surface area contributed by atoms with Crippen LogP contribution in [0.3, 0.4) is 0 Å². The Hall–Kier alpha value is -0.920. The molecule has 0 aromatic heterocycles. The summed E-state index contributed by atoms with van der Waals surface area (Å²) in [6.07, 6.45) is 1.74. The first-order chi connectivity index (χ1) is 4.59. The van der Waals surface area contributed by atoms with Crippen molar-refractivity contribution in [2.45, 2.75) is 27.7 Å². The Labute approximate surface area is 62.2 Å². The Kier molecular flexibility index (Phi) is 3.62. The normalized spacial score (nSPS) is 13.6. The highest BCUT2D eigenvalue weighted by Gasteiger charge is 1.94. The van der Waals surface area contributed by atoms with E-state index in [1.165, 1.54) is 0 Å². The standard InChI is InChI=1S/C8H14N2/c1-5-10-8(4)6(2)7(3)9/h5,9H,1-4H3/b8-6+,9-7?,10-5?. The molecule has 0 aromatic carbocycles. The van der Waals surface area contributed by atoms with Crippen LogP contribution in [0.5, 0.6) is 0 Å². The van der Waals surface area contributed by atoms with E-state index >= 15 is 0 Å². The maximum Gasteiger partial charge on any atom is 0.0415 e. The first-order valence-electron chi connectivity index (χ1n) is 3.31. The lowest BCUT2D eigenvalue weighted by atomic mass is 10.2. The molecule has 0 atom stereocenters. The zero-order chi connectivity index (χ0) is 8.15. The van der Waals surface area contributed by atoms with Crippen LogP contribution in [0.25, 0.3) is 0 Å². The van der Waals surface area contributed by atoms with Crippen LogP contribution in [0, 0.1) is 5.41 Å². The summed E-state index contributed by atoms with van der Waals surface area (Å²) in [4.78, 5) is 4.06. The van der Waals surface area contributed by atoms with Crippen LogP contribution in [-0.4, -0.2) is 11.9 Å². The van der Waals surface area contributed by atoms with Crippen LogP contribution in [0.15, 0.2) is 16.3 Å². The van der Waals surface area contributed by atoms with Crippen LogP contribution in [0.1, 0.15) is 27.7 Å². The minimum atomic E-state index is 0.586. The summed E-state index contributed by atoms with van der Waals surface area (Å²) in [7, 11) is 0. The fraction of sp³-hybridized carbons (Fsp3) is 0.500. The number of aliphatic imine (C=N–C) groups is 1. The summed E-state index contributed by atoms with van der Waals surface area (Å²) in [5.74, 6) is 0. The minimum absolute atomic E-state index is 0.586. The Morgan fingerprint density at radius 3 is 2.10 bits per heavy atom. The summed E-state index contributed by atoms with van der Waals surface area (Å²) in [6, 6.07) is 0. The molecule has 0 saturated heterocycles. The Morgan fingerprint density at radius 1 is 1.30 bits per heavy atom. The minimum Gasteiger partial charge on any atom is -0.305 e. The molecule has 2 nitrogen and oxygen atoms in total. The first kappa shape index (κ1) is 9.08. The van der Waals surface area contributed by atoms with Gasteiger partial charge in [0, 0.05) is 17.6 Å². The maximum absolute atomic E-state index is 7.28. The van der Waals surface area contributed by atoms with E-state index in [4.69, 9.17) is 5.41 Å². The van der Waals surface area contributed by atoms with E-state index in [9.17, 15) is 0 Å². The lowest BCUT2D eigenvalue weighted by molar-refractivity contribution is 1.24. The molecule has 0 amide bonds. The molecule has 0 unspecified atom stereocenters. The molecule has 0 fully saturated rings. The van der Waals surface area contributed by atoms with Crippen molar-refractivity contribution in [1.29, 1.82) is 5.41 Å². The molecule has 0 bridgehead atoms. The van der Waals surface area contributed by atoms with Gasteiger partial charge in [-0.1, -0.05) is 0 Å². The van der Waals surface area contributed by atoms with Gasteiger partial charge in [0.2, 0.25) is 0 Å². The predicted octanol–water partition coefficient (Wildman–Crippen LogP) is 2.41. The van der Waals surface area contributed by atoms with Crippen LogP contribution >= 0.6 is 0 Å². The summed E-state index contributed by atoms with van der Waals surface area (Å²) < 4.78 is 0. The SMILES string of the molecule is CC=N/C(C)=C(\C)C(C)=N. The highest BCUT2D eigenvalue weighted by Crippen LogP contribution is 2.04. The van der Waals surface area contributed by atoms with Crippen molar-refractivity contribution in [2.75, 3.05) is 0 Å². The molecule has 0 spiro atoms. The van der Waals surface area contributed by atoms with E-state index < -0.39 is 0 Å². The van der Waals surface area contributed by atoms with E-state index in [-0.39, 0.29) is 0 Å². The molecule has 0 aliphatic heterocycles. The summed E-state index contributed by atoms with van der Waals surface area (Å²) >= 11 is 0. The smallest absolute Gasteiger partial charge is 0.0415 e. The van der Waals surface area contributed by atoms with Gasteiger partial charge >= 0.3 is 0 Å². The quantitative estimate of drug-likeness (QED) is 0.569. The van der Waals surface area contributed by atoms with Gasteiger partial charge in [-0.05, 0) is 33.3 Å². The molecule has 0 aromatic rings. The number of rotatable bonds is 2. The summed E-state index contributed by atoms with van der Waals surface area (Å²) in [5.41, 5.74) is 2.47. The van der Waals surface area contributed by atoms with Crippen molar-refractivity contribution in [3.05, 3.63) is 11.3 Å². The van der Waals surface area contributed by atoms with Gasteiger partial charge in [-0.15, -0.1) is 0 Å². The molecule has 2 heteroatoms. The zero-order valence-corrected chi connectivity index (χ0v) is 7.02.